The normalized spacial score (nSPS) is 24.3. The summed E-state index contributed by atoms with van der Waals surface area (Å²) >= 11 is 0. The SMILES string of the molecule is CC1(C)CC(=O)N([C@H](c2cccnc2)[C@@H]2C[C@H]2C(=O)NC2CC(C)(C)Oc3cccc(F)c32)C(N)=N1.O=C(O)C(F)(F)F. The largest absolute Gasteiger partial charge is 0.490 e. The van der Waals surface area contributed by atoms with Crippen LogP contribution in [0, 0.1) is 17.7 Å². The molecular weight excluding hydrogens is 574 g/mol. The van der Waals surface area contributed by atoms with Gasteiger partial charge in [-0.2, -0.15) is 13.2 Å². The first-order valence-corrected chi connectivity index (χ1v) is 13.6. The van der Waals surface area contributed by atoms with Crippen molar-refractivity contribution in [3.63, 3.8) is 0 Å². The van der Waals surface area contributed by atoms with Gasteiger partial charge in [-0.3, -0.25) is 19.5 Å². The Bertz CT molecular complexity index is 1430. The molecule has 10 nitrogen and oxygen atoms in total. The number of pyridine rings is 1. The van der Waals surface area contributed by atoms with E-state index in [0.717, 1.165) is 5.56 Å². The summed E-state index contributed by atoms with van der Waals surface area (Å²) in [6.45, 7) is 7.58. The monoisotopic (exact) mass is 607 g/mol. The van der Waals surface area contributed by atoms with Crippen molar-refractivity contribution in [2.75, 3.05) is 0 Å². The van der Waals surface area contributed by atoms with E-state index in [1.807, 2.05) is 33.8 Å². The molecular formula is C29H33F4N5O5. The van der Waals surface area contributed by atoms with Gasteiger partial charge in [0.2, 0.25) is 11.8 Å². The van der Waals surface area contributed by atoms with Crippen LogP contribution in [0.1, 0.15) is 70.2 Å². The highest BCUT2D eigenvalue weighted by Gasteiger charge is 2.53. The third-order valence-electron chi connectivity index (χ3n) is 7.41. The summed E-state index contributed by atoms with van der Waals surface area (Å²) in [6, 6.07) is 7.42. The third-order valence-corrected chi connectivity index (χ3v) is 7.41. The van der Waals surface area contributed by atoms with Crippen LogP contribution in [0.5, 0.6) is 5.75 Å². The van der Waals surface area contributed by atoms with Gasteiger partial charge in [0.1, 0.15) is 17.2 Å². The second kappa shape index (κ2) is 11.5. The number of aromatic nitrogens is 1. The number of nitrogens with zero attached hydrogens (tertiary/aromatic N) is 3. The zero-order chi connectivity index (χ0) is 31.9. The molecule has 2 aliphatic heterocycles. The number of carbonyl (C=O) groups is 3. The molecule has 3 heterocycles. The number of carbonyl (C=O) groups excluding carboxylic acids is 2. The highest BCUT2D eigenvalue weighted by atomic mass is 19.4. The zero-order valence-corrected chi connectivity index (χ0v) is 24.0. The molecule has 0 saturated heterocycles. The molecule has 1 unspecified atom stereocenters. The molecule has 3 aliphatic rings. The molecule has 232 valence electrons. The quantitative estimate of drug-likeness (QED) is 0.430. The number of aliphatic imine (C=N–C) groups is 1. The van der Waals surface area contributed by atoms with E-state index in [4.69, 9.17) is 20.4 Å². The van der Waals surface area contributed by atoms with E-state index in [-0.39, 0.29) is 36.0 Å². The van der Waals surface area contributed by atoms with E-state index in [1.54, 1.807) is 30.6 Å². The molecule has 2 aromatic rings. The Labute approximate surface area is 245 Å². The molecule has 1 aromatic carbocycles. The van der Waals surface area contributed by atoms with Crippen molar-refractivity contribution in [2.24, 2.45) is 22.6 Å². The summed E-state index contributed by atoms with van der Waals surface area (Å²) in [4.78, 5) is 45.8. The topological polar surface area (TPSA) is 147 Å². The number of carboxylic acid groups (broad SMARTS) is 1. The van der Waals surface area contributed by atoms with Crippen LogP contribution < -0.4 is 15.8 Å². The number of benzene rings is 1. The van der Waals surface area contributed by atoms with Crippen molar-refractivity contribution in [3.8, 4) is 5.75 Å². The number of hydrogen-bond acceptors (Lipinski definition) is 7. The summed E-state index contributed by atoms with van der Waals surface area (Å²) in [5, 5.41) is 10.2. The van der Waals surface area contributed by atoms with Crippen molar-refractivity contribution in [3.05, 3.63) is 59.7 Å². The lowest BCUT2D eigenvalue weighted by Crippen LogP contribution is -2.52. The molecule has 1 saturated carbocycles. The number of amides is 2. The van der Waals surface area contributed by atoms with E-state index in [1.165, 1.54) is 11.0 Å². The summed E-state index contributed by atoms with van der Waals surface area (Å²) in [7, 11) is 0. The molecule has 0 spiro atoms. The molecule has 14 heteroatoms. The van der Waals surface area contributed by atoms with Crippen LogP contribution in [0.2, 0.25) is 0 Å². The maximum Gasteiger partial charge on any atom is 0.490 e. The number of fused-ring (bicyclic) bond motifs is 1. The number of hydrogen-bond donors (Lipinski definition) is 3. The predicted molar refractivity (Wildman–Crippen MR) is 146 cm³/mol. The van der Waals surface area contributed by atoms with Crippen LogP contribution in [0.25, 0.3) is 0 Å². The fourth-order valence-electron chi connectivity index (χ4n) is 5.57. The maximum atomic E-state index is 14.7. The number of halogens is 4. The van der Waals surface area contributed by atoms with Crippen LogP contribution >= 0.6 is 0 Å². The molecule has 43 heavy (non-hydrogen) atoms. The fourth-order valence-corrected chi connectivity index (χ4v) is 5.57. The van der Waals surface area contributed by atoms with Crippen molar-refractivity contribution in [1.29, 1.82) is 0 Å². The van der Waals surface area contributed by atoms with Crippen molar-refractivity contribution in [2.45, 2.75) is 76.4 Å². The molecule has 4 N–H and O–H groups in total. The van der Waals surface area contributed by atoms with Crippen LogP contribution in [0.4, 0.5) is 17.6 Å². The Morgan fingerprint density at radius 3 is 2.44 bits per heavy atom. The van der Waals surface area contributed by atoms with Gasteiger partial charge in [0.05, 0.1) is 29.6 Å². The Balaban J connectivity index is 0.000000541. The van der Waals surface area contributed by atoms with Gasteiger partial charge < -0.3 is 20.9 Å². The Morgan fingerprint density at radius 2 is 1.86 bits per heavy atom. The number of rotatable bonds is 5. The van der Waals surface area contributed by atoms with Crippen molar-refractivity contribution < 1.29 is 41.8 Å². The highest BCUT2D eigenvalue weighted by molar-refractivity contribution is 5.99. The molecule has 1 fully saturated rings. The molecule has 4 atom stereocenters. The lowest BCUT2D eigenvalue weighted by atomic mass is 9.89. The summed E-state index contributed by atoms with van der Waals surface area (Å²) in [6.07, 6.45) is -0.487. The van der Waals surface area contributed by atoms with E-state index in [0.29, 0.717) is 24.2 Å². The summed E-state index contributed by atoms with van der Waals surface area (Å²) in [5.41, 5.74) is 6.33. The van der Waals surface area contributed by atoms with E-state index >= 15 is 0 Å². The number of alkyl halides is 3. The predicted octanol–water partition coefficient (Wildman–Crippen LogP) is 4.28. The van der Waals surface area contributed by atoms with Gasteiger partial charge in [0, 0.05) is 24.7 Å². The van der Waals surface area contributed by atoms with E-state index < -0.39 is 41.2 Å². The van der Waals surface area contributed by atoms with Crippen molar-refractivity contribution in [1.82, 2.24) is 15.2 Å². The van der Waals surface area contributed by atoms with Crippen LogP contribution in [-0.2, 0) is 14.4 Å². The van der Waals surface area contributed by atoms with E-state index in [9.17, 15) is 27.2 Å². The summed E-state index contributed by atoms with van der Waals surface area (Å²) in [5.74, 6) is -3.39. The number of ether oxygens (including phenoxy) is 1. The van der Waals surface area contributed by atoms with Gasteiger partial charge in [0.15, 0.2) is 5.96 Å². The average molecular weight is 608 g/mol. The van der Waals surface area contributed by atoms with Crippen molar-refractivity contribution >= 4 is 23.7 Å². The lowest BCUT2D eigenvalue weighted by Gasteiger charge is -2.38. The van der Waals surface area contributed by atoms with Crippen LogP contribution in [-0.4, -0.2) is 56.0 Å². The van der Waals surface area contributed by atoms with Gasteiger partial charge >= 0.3 is 12.1 Å². The minimum atomic E-state index is -5.08. The third kappa shape index (κ3) is 7.23. The summed E-state index contributed by atoms with van der Waals surface area (Å²) < 4.78 is 52.4. The first kappa shape index (κ1) is 31.7. The van der Waals surface area contributed by atoms with Gasteiger partial charge in [-0.15, -0.1) is 0 Å². The number of carboxylic acids is 1. The standard InChI is InChI=1S/C27H32FN5O3.C2HF3O2/c1-26(2)13-21(34)33(25(29)32-26)23(15-7-6-10-30-14-15)16-11-17(16)24(35)31-19-12-27(3,4)36-20-9-5-8-18(28)22(19)20;3-2(4,5)1(6)7/h5-10,14,16-17,19,23H,11-13H2,1-4H3,(H2,29,32)(H,31,35);(H,6,7)/t16-,17-,19?,23-;/m1./s1. The highest BCUT2D eigenvalue weighted by Crippen LogP contribution is 2.51. The molecule has 1 aliphatic carbocycles. The zero-order valence-electron chi connectivity index (χ0n) is 24.0. The fraction of sp³-hybridized carbons (Fsp3) is 0.483. The Morgan fingerprint density at radius 1 is 1.19 bits per heavy atom. The number of nitrogens with one attached hydrogen (secondary N) is 1. The molecule has 5 rings (SSSR count). The number of guanidine groups is 1. The minimum absolute atomic E-state index is 0.130. The second-order valence-corrected chi connectivity index (χ2v) is 12.0. The average Bonchev–Trinajstić information content (AvgIpc) is 3.66. The number of nitrogens with two attached hydrogens (primary N) is 1. The van der Waals surface area contributed by atoms with Gasteiger partial charge in [-0.25, -0.2) is 14.2 Å². The smallest absolute Gasteiger partial charge is 0.487 e. The first-order valence-electron chi connectivity index (χ1n) is 13.6. The molecule has 0 radical (unpaired) electrons. The molecule has 0 bridgehead atoms. The number of aliphatic carboxylic acids is 1. The van der Waals surface area contributed by atoms with Crippen LogP contribution in [0.15, 0.2) is 47.7 Å². The Hall–Kier alpha value is -4.23. The molecule has 2 amide bonds. The Kier molecular flexibility index (Phi) is 8.44. The van der Waals surface area contributed by atoms with Gasteiger partial charge in [-0.1, -0.05) is 12.1 Å². The van der Waals surface area contributed by atoms with Gasteiger partial charge in [0.25, 0.3) is 0 Å². The minimum Gasteiger partial charge on any atom is -0.487 e. The lowest BCUT2D eigenvalue weighted by molar-refractivity contribution is -0.192. The van der Waals surface area contributed by atoms with E-state index in [2.05, 4.69) is 15.3 Å². The molecule has 1 aromatic heterocycles. The van der Waals surface area contributed by atoms with Crippen LogP contribution in [0.3, 0.4) is 0 Å². The van der Waals surface area contributed by atoms with Gasteiger partial charge in [-0.05, 0) is 63.8 Å². The maximum absolute atomic E-state index is 14.7. The second-order valence-electron chi connectivity index (χ2n) is 12.0. The first-order chi connectivity index (χ1) is 19.9.